The number of fused-ring (bicyclic) bond motifs is 3. The number of ketones is 1. The molecule has 1 fully saturated rings. The lowest BCUT2D eigenvalue weighted by molar-refractivity contribution is -0.0242. The van der Waals surface area contributed by atoms with Crippen LogP contribution in [0.25, 0.3) is 10.9 Å². The molecule has 0 bridgehead atoms. The number of esters is 1. The molecule has 7 heteroatoms. The number of hydrogen-bond acceptors (Lipinski definition) is 4. The van der Waals surface area contributed by atoms with Gasteiger partial charge in [0.15, 0.2) is 5.78 Å². The number of carbonyl (C=O) groups excluding carboxylic acids is 2. The molecule has 28 heavy (non-hydrogen) atoms. The Morgan fingerprint density at radius 1 is 1.18 bits per heavy atom. The first-order valence-electron chi connectivity index (χ1n) is 9.08. The molecule has 1 saturated heterocycles. The lowest BCUT2D eigenvalue weighted by Crippen LogP contribution is -2.40. The van der Waals surface area contributed by atoms with Gasteiger partial charge in [-0.15, -0.1) is 0 Å². The fraction of sp³-hybridized carbons (Fsp3) is 0.238. The molecule has 1 aromatic heterocycles. The third kappa shape index (κ3) is 2.41. The Morgan fingerprint density at radius 3 is 2.75 bits per heavy atom. The molecular formula is C21H16ClFN2O3. The summed E-state index contributed by atoms with van der Waals surface area (Å²) in [6.45, 7) is 1.38. The van der Waals surface area contributed by atoms with E-state index in [1.807, 2.05) is 0 Å². The van der Waals surface area contributed by atoms with Gasteiger partial charge in [-0.1, -0.05) is 23.7 Å². The number of H-pyrrole nitrogens is 1. The monoisotopic (exact) mass is 398 g/mol. The van der Waals surface area contributed by atoms with Crippen molar-refractivity contribution in [3.8, 4) is 0 Å². The first-order chi connectivity index (χ1) is 13.5. The molecule has 2 N–H and O–H groups in total. The van der Waals surface area contributed by atoms with Gasteiger partial charge in [-0.05, 0) is 31.3 Å². The Balaban J connectivity index is 1.68. The van der Waals surface area contributed by atoms with E-state index in [9.17, 15) is 14.0 Å². The first-order valence-corrected chi connectivity index (χ1v) is 9.46. The van der Waals surface area contributed by atoms with E-state index in [1.165, 1.54) is 12.3 Å². The molecule has 3 heterocycles. The highest BCUT2D eigenvalue weighted by molar-refractivity contribution is 6.31. The van der Waals surface area contributed by atoms with Crippen molar-refractivity contribution in [2.45, 2.75) is 18.4 Å². The van der Waals surface area contributed by atoms with Crippen molar-refractivity contribution >= 4 is 34.3 Å². The molecule has 5 nitrogen and oxygen atoms in total. The summed E-state index contributed by atoms with van der Waals surface area (Å²) < 4.78 is 20.5. The largest absolute Gasteiger partial charge is 0.450 e. The Morgan fingerprint density at radius 2 is 1.96 bits per heavy atom. The van der Waals surface area contributed by atoms with Gasteiger partial charge >= 0.3 is 5.97 Å². The van der Waals surface area contributed by atoms with Gasteiger partial charge in [0.1, 0.15) is 11.4 Å². The third-order valence-electron chi connectivity index (χ3n) is 5.66. The van der Waals surface area contributed by atoms with Gasteiger partial charge in [-0.25, -0.2) is 9.18 Å². The van der Waals surface area contributed by atoms with E-state index in [0.29, 0.717) is 47.4 Å². The van der Waals surface area contributed by atoms with Crippen LogP contribution in [0.1, 0.15) is 44.7 Å². The maximum absolute atomic E-state index is 14.8. The summed E-state index contributed by atoms with van der Waals surface area (Å²) in [6, 6.07) is 7.89. The number of carbonyl (C=O) groups is 2. The smallest absolute Gasteiger partial charge is 0.340 e. The molecule has 0 radical (unpaired) electrons. The summed E-state index contributed by atoms with van der Waals surface area (Å²) >= 11 is 6.00. The number of halogens is 2. The zero-order chi connectivity index (χ0) is 19.5. The molecule has 0 amide bonds. The maximum Gasteiger partial charge on any atom is 0.340 e. The minimum absolute atomic E-state index is 0.0511. The van der Waals surface area contributed by atoms with Gasteiger partial charge in [0.2, 0.25) is 0 Å². The van der Waals surface area contributed by atoms with Crippen molar-refractivity contribution in [2.24, 2.45) is 0 Å². The summed E-state index contributed by atoms with van der Waals surface area (Å²) in [5.74, 6) is -1.91. The average molecular weight is 399 g/mol. The molecule has 5 rings (SSSR count). The standard InChI is InChI=1S/C21H16ClFN2O3/c22-11-1-2-12-13(10-25-16(12)9-11)19(26)18-15(23)4-3-14-17(18)20(27)28-21(14)5-7-24-8-6-21/h1-4,9-10,24-25H,5-8H2. The van der Waals surface area contributed by atoms with Crippen LogP contribution in [0.15, 0.2) is 36.5 Å². The minimum Gasteiger partial charge on any atom is -0.450 e. The zero-order valence-corrected chi connectivity index (χ0v) is 15.5. The Kier molecular flexibility index (Phi) is 3.82. The number of aromatic amines is 1. The van der Waals surface area contributed by atoms with E-state index in [2.05, 4.69) is 10.3 Å². The Labute approximate surface area is 164 Å². The molecule has 0 saturated carbocycles. The van der Waals surface area contributed by atoms with Gasteiger partial charge < -0.3 is 15.0 Å². The van der Waals surface area contributed by atoms with E-state index in [-0.39, 0.29) is 16.7 Å². The van der Waals surface area contributed by atoms with Crippen molar-refractivity contribution in [3.63, 3.8) is 0 Å². The van der Waals surface area contributed by atoms with Gasteiger partial charge in [0.05, 0.1) is 11.1 Å². The van der Waals surface area contributed by atoms with Crippen molar-refractivity contribution in [3.05, 3.63) is 69.6 Å². The van der Waals surface area contributed by atoms with Gasteiger partial charge in [-0.3, -0.25) is 4.79 Å². The third-order valence-corrected chi connectivity index (χ3v) is 5.90. The number of aromatic nitrogens is 1. The van der Waals surface area contributed by atoms with Crippen LogP contribution in [0.5, 0.6) is 0 Å². The van der Waals surface area contributed by atoms with Gasteiger partial charge in [0.25, 0.3) is 0 Å². The SMILES string of the molecule is O=C1OC2(CCNCC2)c2ccc(F)c(C(=O)c3c[nH]c4cc(Cl)ccc34)c21. The predicted molar refractivity (Wildman–Crippen MR) is 102 cm³/mol. The highest BCUT2D eigenvalue weighted by atomic mass is 35.5. The summed E-state index contributed by atoms with van der Waals surface area (Å²) in [7, 11) is 0. The fourth-order valence-corrected chi connectivity index (χ4v) is 4.47. The van der Waals surface area contributed by atoms with Crippen LogP contribution in [0, 0.1) is 5.82 Å². The normalized spacial score (nSPS) is 17.7. The van der Waals surface area contributed by atoms with Crippen molar-refractivity contribution < 1.29 is 18.7 Å². The van der Waals surface area contributed by atoms with Crippen molar-refractivity contribution in [2.75, 3.05) is 13.1 Å². The molecule has 0 atom stereocenters. The second-order valence-electron chi connectivity index (χ2n) is 7.20. The lowest BCUT2D eigenvalue weighted by Gasteiger charge is -2.33. The number of hydrogen-bond donors (Lipinski definition) is 2. The summed E-state index contributed by atoms with van der Waals surface area (Å²) in [4.78, 5) is 29.0. The number of ether oxygens (including phenoxy) is 1. The summed E-state index contributed by atoms with van der Waals surface area (Å²) in [6.07, 6.45) is 2.70. The molecular weight excluding hydrogens is 383 g/mol. The second kappa shape index (κ2) is 6.15. The zero-order valence-electron chi connectivity index (χ0n) is 14.8. The van der Waals surface area contributed by atoms with Crippen LogP contribution in [-0.2, 0) is 10.3 Å². The molecule has 2 aliphatic rings. The molecule has 0 unspecified atom stereocenters. The molecule has 2 aromatic carbocycles. The Bertz CT molecular complexity index is 1150. The highest BCUT2D eigenvalue weighted by Crippen LogP contribution is 2.45. The second-order valence-corrected chi connectivity index (χ2v) is 7.64. The lowest BCUT2D eigenvalue weighted by atomic mass is 9.82. The van der Waals surface area contributed by atoms with Crippen molar-refractivity contribution in [1.82, 2.24) is 10.3 Å². The number of piperidine rings is 1. The molecule has 1 spiro atoms. The number of nitrogens with one attached hydrogen (secondary N) is 2. The summed E-state index contributed by atoms with van der Waals surface area (Å²) in [5.41, 5.74) is 0.601. The molecule has 142 valence electrons. The van der Waals surface area contributed by atoms with Crippen LogP contribution in [0.2, 0.25) is 5.02 Å². The van der Waals surface area contributed by atoms with Gasteiger partial charge in [0, 0.05) is 46.1 Å². The Hall–Kier alpha value is -2.70. The van der Waals surface area contributed by atoms with Gasteiger partial charge in [-0.2, -0.15) is 0 Å². The maximum atomic E-state index is 14.8. The number of rotatable bonds is 2. The van der Waals surface area contributed by atoms with Crippen LogP contribution in [0.4, 0.5) is 4.39 Å². The topological polar surface area (TPSA) is 71.2 Å². The van der Waals surface area contributed by atoms with Crippen molar-refractivity contribution in [1.29, 1.82) is 0 Å². The van der Waals surface area contributed by atoms with E-state index in [0.717, 1.165) is 0 Å². The molecule has 0 aliphatic carbocycles. The minimum atomic E-state index is -0.784. The number of benzene rings is 2. The predicted octanol–water partition coefficient (Wildman–Crippen LogP) is 3.94. The van der Waals surface area contributed by atoms with E-state index in [1.54, 1.807) is 24.3 Å². The average Bonchev–Trinajstić information content (AvgIpc) is 3.21. The molecule has 3 aromatic rings. The first kappa shape index (κ1) is 17.4. The van der Waals surface area contributed by atoms with E-state index in [4.69, 9.17) is 16.3 Å². The van der Waals surface area contributed by atoms with E-state index < -0.39 is 23.2 Å². The van der Waals surface area contributed by atoms with Crippen LogP contribution in [0.3, 0.4) is 0 Å². The van der Waals surface area contributed by atoms with Crippen LogP contribution >= 0.6 is 11.6 Å². The van der Waals surface area contributed by atoms with Crippen LogP contribution in [-0.4, -0.2) is 29.8 Å². The van der Waals surface area contributed by atoms with E-state index >= 15 is 0 Å². The fourth-order valence-electron chi connectivity index (χ4n) is 4.30. The summed E-state index contributed by atoms with van der Waals surface area (Å²) in [5, 5.41) is 4.37. The van der Waals surface area contributed by atoms with Crippen LogP contribution < -0.4 is 5.32 Å². The highest BCUT2D eigenvalue weighted by Gasteiger charge is 2.48. The molecule has 2 aliphatic heterocycles. The quantitative estimate of drug-likeness (QED) is 0.506.